The first kappa shape index (κ1) is 19.6. The van der Waals surface area contributed by atoms with Crippen LogP contribution in [0.4, 0.5) is 5.69 Å². The van der Waals surface area contributed by atoms with Gasteiger partial charge in [-0.3, -0.25) is 0 Å². The Morgan fingerprint density at radius 1 is 1.24 bits per heavy atom. The molecule has 152 valence electrons. The molecule has 29 heavy (non-hydrogen) atoms. The van der Waals surface area contributed by atoms with E-state index in [0.717, 1.165) is 17.0 Å². The third-order valence-corrected chi connectivity index (χ3v) is 5.13. The highest BCUT2D eigenvalue weighted by molar-refractivity contribution is 6.30. The lowest BCUT2D eigenvalue weighted by molar-refractivity contribution is 0.0821. The number of tetrazole rings is 1. The number of halogens is 1. The second-order valence-electron chi connectivity index (χ2n) is 6.74. The average Bonchev–Trinajstić information content (AvgIpc) is 3.36. The summed E-state index contributed by atoms with van der Waals surface area (Å²) in [6, 6.07) is 15.6. The van der Waals surface area contributed by atoms with E-state index in [0.29, 0.717) is 30.5 Å². The number of aliphatic hydroxyl groups is 1. The molecule has 1 aliphatic rings. The van der Waals surface area contributed by atoms with Gasteiger partial charge < -0.3 is 19.5 Å². The van der Waals surface area contributed by atoms with Gasteiger partial charge in [0.15, 0.2) is 5.82 Å². The van der Waals surface area contributed by atoms with Crippen LogP contribution in [0.3, 0.4) is 0 Å². The number of aromatic nitrogens is 4. The number of nitrogens with zero attached hydrogens (tertiary/aromatic N) is 5. The molecule has 0 radical (unpaired) electrons. The Morgan fingerprint density at radius 3 is 2.83 bits per heavy atom. The number of rotatable bonds is 7. The normalized spacial score (nSPS) is 18.9. The molecule has 0 bridgehead atoms. The molecule has 8 nitrogen and oxygen atoms in total. The molecule has 9 heteroatoms. The lowest BCUT2D eigenvalue weighted by Gasteiger charge is -2.28. The Kier molecular flexibility index (Phi) is 5.94. The molecule has 2 heterocycles. The van der Waals surface area contributed by atoms with E-state index in [1.807, 2.05) is 42.5 Å². The van der Waals surface area contributed by atoms with Crippen LogP contribution in [0.25, 0.3) is 0 Å². The summed E-state index contributed by atoms with van der Waals surface area (Å²) in [6.07, 6.45) is 0.177. The third kappa shape index (κ3) is 4.34. The lowest BCUT2D eigenvalue weighted by atomic mass is 10.00. The highest BCUT2D eigenvalue weighted by atomic mass is 35.5. The van der Waals surface area contributed by atoms with Crippen molar-refractivity contribution in [2.24, 2.45) is 0 Å². The van der Waals surface area contributed by atoms with Gasteiger partial charge in [0.1, 0.15) is 18.6 Å². The molecule has 3 aromatic rings. The summed E-state index contributed by atoms with van der Waals surface area (Å²) in [5.41, 5.74) is 2.08. The molecular formula is C20H22ClN5O3. The molecule has 2 atom stereocenters. The number of ether oxygens (including phenoxy) is 2. The van der Waals surface area contributed by atoms with E-state index in [9.17, 15) is 0 Å². The maximum Gasteiger partial charge on any atom is 0.177 e. The van der Waals surface area contributed by atoms with Crippen molar-refractivity contribution in [1.82, 2.24) is 20.2 Å². The molecule has 0 spiro atoms. The minimum Gasteiger partial charge on any atom is -0.497 e. The monoisotopic (exact) mass is 415 g/mol. The van der Waals surface area contributed by atoms with Crippen molar-refractivity contribution >= 4 is 17.3 Å². The number of aliphatic hydroxyl groups excluding tert-OH is 1. The Morgan fingerprint density at radius 2 is 2.07 bits per heavy atom. The van der Waals surface area contributed by atoms with Gasteiger partial charge in [-0.05, 0) is 47.2 Å². The van der Waals surface area contributed by atoms with Crippen molar-refractivity contribution in [3.63, 3.8) is 0 Å². The number of anilines is 1. The van der Waals surface area contributed by atoms with Crippen LogP contribution >= 0.6 is 11.6 Å². The topological polar surface area (TPSA) is 85.5 Å². The first-order valence-corrected chi connectivity index (χ1v) is 9.71. The smallest absolute Gasteiger partial charge is 0.177 e. The number of methoxy groups -OCH3 is 1. The first-order chi connectivity index (χ1) is 14.2. The fourth-order valence-electron chi connectivity index (χ4n) is 3.50. The predicted molar refractivity (Wildman–Crippen MR) is 108 cm³/mol. The van der Waals surface area contributed by atoms with Gasteiger partial charge in [-0.25, -0.2) is 0 Å². The van der Waals surface area contributed by atoms with Crippen LogP contribution in [0.2, 0.25) is 5.02 Å². The molecule has 0 aliphatic carbocycles. The van der Waals surface area contributed by atoms with Gasteiger partial charge in [0.25, 0.3) is 0 Å². The van der Waals surface area contributed by atoms with Crippen LogP contribution < -0.4 is 9.64 Å². The number of hydrogen-bond donors (Lipinski definition) is 1. The Balaban J connectivity index is 1.64. The van der Waals surface area contributed by atoms with Crippen LogP contribution in [-0.4, -0.2) is 51.9 Å². The minimum absolute atomic E-state index is 0.0115. The highest BCUT2D eigenvalue weighted by Gasteiger charge is 2.37. The van der Waals surface area contributed by atoms with Gasteiger partial charge in [0.05, 0.1) is 26.3 Å². The molecular weight excluding hydrogens is 394 g/mol. The molecule has 0 amide bonds. The van der Waals surface area contributed by atoms with Gasteiger partial charge >= 0.3 is 0 Å². The van der Waals surface area contributed by atoms with Crippen molar-refractivity contribution < 1.29 is 14.6 Å². The Bertz CT molecular complexity index is 949. The molecule has 4 rings (SSSR count). The highest BCUT2D eigenvalue weighted by Crippen LogP contribution is 2.38. The van der Waals surface area contributed by atoms with Gasteiger partial charge in [0, 0.05) is 17.1 Å². The van der Waals surface area contributed by atoms with E-state index in [4.69, 9.17) is 26.2 Å². The summed E-state index contributed by atoms with van der Waals surface area (Å²) in [6.45, 7) is 0.846. The van der Waals surface area contributed by atoms with Crippen LogP contribution in [0.15, 0.2) is 48.5 Å². The molecule has 1 fully saturated rings. The van der Waals surface area contributed by atoms with Crippen LogP contribution in [-0.2, 0) is 17.7 Å². The predicted octanol–water partition coefficient (Wildman–Crippen LogP) is 2.47. The summed E-state index contributed by atoms with van der Waals surface area (Å²) in [5.74, 6) is 1.30. The summed E-state index contributed by atoms with van der Waals surface area (Å²) >= 11 is 6.06. The fourth-order valence-corrected chi connectivity index (χ4v) is 3.63. The summed E-state index contributed by atoms with van der Waals surface area (Å²) in [7, 11) is 1.65. The molecule has 1 aliphatic heterocycles. The maximum absolute atomic E-state index is 9.06. The van der Waals surface area contributed by atoms with Gasteiger partial charge in [-0.2, -0.15) is 4.80 Å². The fraction of sp³-hybridized carbons (Fsp3) is 0.350. The van der Waals surface area contributed by atoms with E-state index in [2.05, 4.69) is 26.4 Å². The SMILES string of the molecule is COc1cccc([C@H]2[C@H](Cn3nnc(CCO)n3)OCN2c2ccc(Cl)cc2)c1. The van der Waals surface area contributed by atoms with Crippen LogP contribution in [0, 0.1) is 0 Å². The van der Waals surface area contributed by atoms with Crippen molar-refractivity contribution in [3.05, 3.63) is 64.9 Å². The lowest BCUT2D eigenvalue weighted by Crippen LogP contribution is -2.30. The van der Waals surface area contributed by atoms with Crippen molar-refractivity contribution in [1.29, 1.82) is 0 Å². The molecule has 0 unspecified atom stereocenters. The summed E-state index contributed by atoms with van der Waals surface area (Å²) in [5, 5.41) is 22.2. The van der Waals surface area contributed by atoms with Gasteiger partial charge in [-0.1, -0.05) is 23.7 Å². The van der Waals surface area contributed by atoms with Gasteiger partial charge in [-0.15, -0.1) is 10.2 Å². The molecule has 1 N–H and O–H groups in total. The van der Waals surface area contributed by atoms with E-state index in [1.165, 1.54) is 4.80 Å². The third-order valence-electron chi connectivity index (χ3n) is 4.88. The average molecular weight is 416 g/mol. The molecule has 1 saturated heterocycles. The van der Waals surface area contributed by atoms with Crippen LogP contribution in [0.1, 0.15) is 17.4 Å². The summed E-state index contributed by atoms with van der Waals surface area (Å²) < 4.78 is 11.6. The second-order valence-corrected chi connectivity index (χ2v) is 7.17. The zero-order valence-electron chi connectivity index (χ0n) is 16.0. The first-order valence-electron chi connectivity index (χ1n) is 9.33. The molecule has 0 saturated carbocycles. The number of hydrogen-bond acceptors (Lipinski definition) is 7. The maximum atomic E-state index is 9.06. The van der Waals surface area contributed by atoms with Crippen molar-refractivity contribution in [2.75, 3.05) is 25.3 Å². The largest absolute Gasteiger partial charge is 0.497 e. The zero-order chi connectivity index (χ0) is 20.2. The van der Waals surface area contributed by atoms with E-state index in [1.54, 1.807) is 7.11 Å². The van der Waals surface area contributed by atoms with Crippen molar-refractivity contribution in [3.8, 4) is 5.75 Å². The van der Waals surface area contributed by atoms with Crippen LogP contribution in [0.5, 0.6) is 5.75 Å². The van der Waals surface area contributed by atoms with E-state index in [-0.39, 0.29) is 18.8 Å². The Labute approximate surface area is 173 Å². The number of benzene rings is 2. The quantitative estimate of drug-likeness (QED) is 0.634. The molecule has 1 aromatic heterocycles. The standard InChI is InChI=1S/C20H22ClN5O3/c1-28-17-4-2-3-14(11-17)20-18(12-26-23-19(9-10-27)22-24-26)29-13-25(20)16-7-5-15(21)6-8-16/h2-8,11,18,20,27H,9-10,12-13H2,1H3/t18-,20-/m0/s1. The van der Waals surface area contributed by atoms with Crippen molar-refractivity contribution in [2.45, 2.75) is 25.1 Å². The van der Waals surface area contributed by atoms with E-state index < -0.39 is 0 Å². The summed E-state index contributed by atoms with van der Waals surface area (Å²) in [4.78, 5) is 3.70. The zero-order valence-corrected chi connectivity index (χ0v) is 16.7. The molecule has 2 aromatic carbocycles. The Hall–Kier alpha value is -2.68. The van der Waals surface area contributed by atoms with E-state index >= 15 is 0 Å². The van der Waals surface area contributed by atoms with Gasteiger partial charge in [0.2, 0.25) is 0 Å². The minimum atomic E-state index is -0.200. The second kappa shape index (κ2) is 8.77.